The molecule has 4 atom stereocenters. The van der Waals surface area contributed by atoms with E-state index in [9.17, 15) is 0 Å². The third kappa shape index (κ3) is 6.58. The highest BCUT2D eigenvalue weighted by Crippen LogP contribution is 2.27. The van der Waals surface area contributed by atoms with Crippen molar-refractivity contribution in [3.63, 3.8) is 0 Å². The zero-order chi connectivity index (χ0) is 21.5. The molecule has 164 valence electrons. The fourth-order valence-corrected chi connectivity index (χ4v) is 6.76. The standard InChI is InChI=1S/C18H43NO6Si2/c1-12-16(26(10,20-6)21-7)24-14(3)18(5,19)15(4)25-17(13-2)27(11,22-8)23-9/h14-17H,12-13,19H2,1-11H3. The molecule has 27 heavy (non-hydrogen) atoms. The smallest absolute Gasteiger partial charge is 0.364 e. The van der Waals surface area contributed by atoms with Gasteiger partial charge in [0.15, 0.2) is 0 Å². The van der Waals surface area contributed by atoms with Gasteiger partial charge in [0.1, 0.15) is 11.5 Å². The van der Waals surface area contributed by atoms with Gasteiger partial charge in [-0.05, 0) is 46.7 Å². The van der Waals surface area contributed by atoms with Gasteiger partial charge in [0.05, 0.1) is 17.7 Å². The molecule has 2 N–H and O–H groups in total. The van der Waals surface area contributed by atoms with Crippen LogP contribution in [0.1, 0.15) is 47.5 Å². The van der Waals surface area contributed by atoms with Crippen LogP contribution in [-0.2, 0) is 27.2 Å². The molecule has 0 aliphatic rings. The number of nitrogens with two attached hydrogens (primary N) is 1. The van der Waals surface area contributed by atoms with E-state index in [2.05, 4.69) is 13.8 Å². The predicted octanol–water partition coefficient (Wildman–Crippen LogP) is 2.88. The average Bonchev–Trinajstić information content (AvgIpc) is 2.68. The highest BCUT2D eigenvalue weighted by Gasteiger charge is 2.46. The molecular formula is C18H43NO6Si2. The SMILES string of the molecule is CCC(OC(C)C(C)(N)C(C)OC(CC)[Si](C)(OC)OC)[Si](C)(OC)OC. The van der Waals surface area contributed by atoms with Gasteiger partial charge >= 0.3 is 17.1 Å². The van der Waals surface area contributed by atoms with Crippen LogP contribution < -0.4 is 5.73 Å². The summed E-state index contributed by atoms with van der Waals surface area (Å²) in [4.78, 5) is 0. The first kappa shape index (κ1) is 27.2. The van der Waals surface area contributed by atoms with Crippen molar-refractivity contribution in [2.75, 3.05) is 28.4 Å². The summed E-state index contributed by atoms with van der Waals surface area (Å²) in [6.45, 7) is 14.1. The fourth-order valence-electron chi connectivity index (χ4n) is 2.99. The van der Waals surface area contributed by atoms with E-state index in [1.165, 1.54) is 0 Å². The average molecular weight is 426 g/mol. The molecule has 0 aromatic heterocycles. The van der Waals surface area contributed by atoms with Crippen LogP contribution in [0.3, 0.4) is 0 Å². The van der Waals surface area contributed by atoms with E-state index in [0.717, 1.165) is 12.8 Å². The molecule has 0 fully saturated rings. The van der Waals surface area contributed by atoms with Crippen molar-refractivity contribution < 1.29 is 27.2 Å². The molecule has 0 aliphatic heterocycles. The Labute approximate surface area is 168 Å². The monoisotopic (exact) mass is 425 g/mol. The van der Waals surface area contributed by atoms with Gasteiger partial charge in [-0.3, -0.25) is 0 Å². The van der Waals surface area contributed by atoms with Gasteiger partial charge in [-0.15, -0.1) is 0 Å². The van der Waals surface area contributed by atoms with Crippen LogP contribution >= 0.6 is 0 Å². The summed E-state index contributed by atoms with van der Waals surface area (Å²) >= 11 is 0. The van der Waals surface area contributed by atoms with Gasteiger partial charge in [-0.25, -0.2) is 0 Å². The van der Waals surface area contributed by atoms with Gasteiger partial charge in [0.2, 0.25) is 0 Å². The molecule has 0 aliphatic carbocycles. The Morgan fingerprint density at radius 2 is 1.00 bits per heavy atom. The number of ether oxygens (including phenoxy) is 2. The molecular weight excluding hydrogens is 382 g/mol. The minimum Gasteiger partial charge on any atom is -0.396 e. The Hall–Kier alpha value is 0.154. The van der Waals surface area contributed by atoms with Crippen molar-refractivity contribution in [3.8, 4) is 0 Å². The maximum absolute atomic E-state index is 6.68. The molecule has 0 spiro atoms. The normalized spacial score (nSPS) is 20.0. The molecule has 0 aromatic carbocycles. The molecule has 0 rings (SSSR count). The van der Waals surface area contributed by atoms with Gasteiger partial charge in [0.25, 0.3) is 0 Å². The maximum atomic E-state index is 6.68. The molecule has 0 heterocycles. The van der Waals surface area contributed by atoms with E-state index in [-0.39, 0.29) is 23.7 Å². The summed E-state index contributed by atoms with van der Waals surface area (Å²) in [6.07, 6.45) is 1.06. The van der Waals surface area contributed by atoms with E-state index in [4.69, 9.17) is 32.9 Å². The van der Waals surface area contributed by atoms with Crippen LogP contribution in [0.15, 0.2) is 0 Å². The Morgan fingerprint density at radius 3 is 1.19 bits per heavy atom. The molecule has 0 aromatic rings. The number of hydrogen-bond acceptors (Lipinski definition) is 7. The Morgan fingerprint density at radius 1 is 0.741 bits per heavy atom. The van der Waals surface area contributed by atoms with Gasteiger partial charge in [0, 0.05) is 28.4 Å². The maximum Gasteiger partial charge on any atom is 0.364 e. The van der Waals surface area contributed by atoms with Crippen LogP contribution in [0.25, 0.3) is 0 Å². The zero-order valence-electron chi connectivity index (χ0n) is 19.3. The van der Waals surface area contributed by atoms with Gasteiger partial charge < -0.3 is 32.9 Å². The Bertz CT molecular complexity index is 383. The first-order chi connectivity index (χ1) is 12.4. The van der Waals surface area contributed by atoms with Gasteiger partial charge in [-0.1, -0.05) is 13.8 Å². The summed E-state index contributed by atoms with van der Waals surface area (Å²) in [5, 5.41) is 0. The third-order valence-electron chi connectivity index (χ3n) is 6.02. The third-order valence-corrected chi connectivity index (χ3v) is 12.7. The van der Waals surface area contributed by atoms with Crippen molar-refractivity contribution >= 4 is 17.1 Å². The molecule has 7 nitrogen and oxygen atoms in total. The Kier molecular flexibility index (Phi) is 11.4. The summed E-state index contributed by atoms with van der Waals surface area (Å²) in [6, 6.07) is 0. The lowest BCUT2D eigenvalue weighted by molar-refractivity contribution is -0.0930. The lowest BCUT2D eigenvalue weighted by Crippen LogP contribution is -2.62. The van der Waals surface area contributed by atoms with Crippen molar-refractivity contribution in [3.05, 3.63) is 0 Å². The predicted molar refractivity (Wildman–Crippen MR) is 113 cm³/mol. The van der Waals surface area contributed by atoms with Crippen LogP contribution in [0.5, 0.6) is 0 Å². The second kappa shape index (κ2) is 11.4. The van der Waals surface area contributed by atoms with Crippen LogP contribution in [0, 0.1) is 0 Å². The first-order valence-corrected chi connectivity index (χ1v) is 14.5. The van der Waals surface area contributed by atoms with Gasteiger partial charge in [-0.2, -0.15) is 0 Å². The summed E-state index contributed by atoms with van der Waals surface area (Å²) in [5.41, 5.74) is 5.71. The molecule has 0 saturated heterocycles. The lowest BCUT2D eigenvalue weighted by Gasteiger charge is -2.43. The van der Waals surface area contributed by atoms with Crippen molar-refractivity contribution in [1.82, 2.24) is 0 Å². The second-order valence-electron chi connectivity index (χ2n) is 7.56. The Balaban J connectivity index is 5.30. The molecule has 9 heteroatoms. The lowest BCUT2D eigenvalue weighted by atomic mass is 9.91. The zero-order valence-corrected chi connectivity index (χ0v) is 21.3. The van der Waals surface area contributed by atoms with E-state index in [1.54, 1.807) is 28.4 Å². The quantitative estimate of drug-likeness (QED) is 0.429. The molecule has 4 unspecified atom stereocenters. The minimum absolute atomic E-state index is 0.128. The topological polar surface area (TPSA) is 81.4 Å². The largest absolute Gasteiger partial charge is 0.396 e. The van der Waals surface area contributed by atoms with Crippen molar-refractivity contribution in [1.29, 1.82) is 0 Å². The first-order valence-electron chi connectivity index (χ1n) is 9.72. The van der Waals surface area contributed by atoms with E-state index >= 15 is 0 Å². The van der Waals surface area contributed by atoms with Crippen LogP contribution in [0.4, 0.5) is 0 Å². The van der Waals surface area contributed by atoms with E-state index in [1.807, 2.05) is 33.9 Å². The number of hydrogen-bond donors (Lipinski definition) is 1. The van der Waals surface area contributed by atoms with Crippen molar-refractivity contribution in [2.45, 2.75) is 89.8 Å². The highest BCUT2D eigenvalue weighted by atomic mass is 28.4. The molecule has 0 bridgehead atoms. The second-order valence-corrected chi connectivity index (χ2v) is 14.5. The molecule has 0 radical (unpaired) electrons. The molecule has 0 amide bonds. The van der Waals surface area contributed by atoms with Crippen LogP contribution in [-0.4, -0.2) is 74.8 Å². The van der Waals surface area contributed by atoms with Crippen LogP contribution in [0.2, 0.25) is 13.1 Å². The fraction of sp³-hybridized carbons (Fsp3) is 1.00. The molecule has 0 saturated carbocycles. The van der Waals surface area contributed by atoms with E-state index < -0.39 is 22.7 Å². The summed E-state index contributed by atoms with van der Waals surface area (Å²) < 4.78 is 35.3. The number of rotatable bonds is 14. The van der Waals surface area contributed by atoms with E-state index in [0.29, 0.717) is 0 Å². The summed E-state index contributed by atoms with van der Waals surface area (Å²) in [7, 11) is 1.82. The summed E-state index contributed by atoms with van der Waals surface area (Å²) in [5.74, 6) is 0. The minimum atomic E-state index is -2.44. The van der Waals surface area contributed by atoms with Crippen molar-refractivity contribution in [2.24, 2.45) is 5.73 Å². The highest BCUT2D eigenvalue weighted by molar-refractivity contribution is 6.67.